The van der Waals surface area contributed by atoms with Crippen molar-refractivity contribution >= 4 is 10.0 Å². The van der Waals surface area contributed by atoms with Crippen LogP contribution in [0.5, 0.6) is 0 Å². The number of benzene rings is 1. The third kappa shape index (κ3) is 4.92. The molecule has 0 radical (unpaired) electrons. The van der Waals surface area contributed by atoms with E-state index >= 15 is 0 Å². The molecule has 0 amide bonds. The van der Waals surface area contributed by atoms with Gasteiger partial charge in [0.25, 0.3) is 0 Å². The van der Waals surface area contributed by atoms with Gasteiger partial charge in [-0.05, 0) is 39.3 Å². The van der Waals surface area contributed by atoms with Crippen LogP contribution in [0, 0.1) is 13.8 Å². The SMILES string of the molecule is CCCCCCC(C)NS(=O)(=O)c1c(C)nn(-c2ccccc2)c1C. The Morgan fingerprint density at radius 2 is 1.80 bits per heavy atom. The van der Waals surface area contributed by atoms with E-state index in [1.165, 1.54) is 12.8 Å². The maximum Gasteiger partial charge on any atom is 0.244 e. The van der Waals surface area contributed by atoms with Crippen LogP contribution in [0.2, 0.25) is 0 Å². The Morgan fingerprint density at radius 1 is 1.12 bits per heavy atom. The second kappa shape index (κ2) is 8.63. The van der Waals surface area contributed by atoms with Crippen LogP contribution in [0.1, 0.15) is 57.3 Å². The van der Waals surface area contributed by atoms with Crippen LogP contribution in [-0.4, -0.2) is 24.2 Å². The van der Waals surface area contributed by atoms with Gasteiger partial charge in [0.1, 0.15) is 4.90 Å². The van der Waals surface area contributed by atoms with E-state index in [2.05, 4.69) is 16.7 Å². The van der Waals surface area contributed by atoms with Gasteiger partial charge in [-0.1, -0.05) is 50.8 Å². The van der Waals surface area contributed by atoms with Crippen LogP contribution in [0.15, 0.2) is 35.2 Å². The Morgan fingerprint density at radius 3 is 2.44 bits per heavy atom. The molecule has 6 heteroatoms. The monoisotopic (exact) mass is 363 g/mol. The van der Waals surface area contributed by atoms with Crippen molar-refractivity contribution in [3.63, 3.8) is 0 Å². The maximum absolute atomic E-state index is 12.9. The fraction of sp³-hybridized carbons (Fsp3) is 0.526. The van der Waals surface area contributed by atoms with Crippen molar-refractivity contribution in [1.29, 1.82) is 0 Å². The number of nitrogens with one attached hydrogen (secondary N) is 1. The van der Waals surface area contributed by atoms with E-state index in [1.54, 1.807) is 18.5 Å². The van der Waals surface area contributed by atoms with Crippen molar-refractivity contribution < 1.29 is 8.42 Å². The van der Waals surface area contributed by atoms with Gasteiger partial charge < -0.3 is 0 Å². The number of hydrogen-bond donors (Lipinski definition) is 1. The smallest absolute Gasteiger partial charge is 0.236 e. The summed E-state index contributed by atoms with van der Waals surface area (Å²) in [6, 6.07) is 9.50. The summed E-state index contributed by atoms with van der Waals surface area (Å²) in [5, 5.41) is 4.44. The highest BCUT2D eigenvalue weighted by Gasteiger charge is 2.26. The van der Waals surface area contributed by atoms with E-state index in [0.29, 0.717) is 11.4 Å². The molecule has 0 saturated carbocycles. The Labute approximate surface area is 151 Å². The zero-order valence-electron chi connectivity index (χ0n) is 15.6. The first kappa shape index (κ1) is 19.7. The van der Waals surface area contributed by atoms with Crippen molar-refractivity contribution in [1.82, 2.24) is 14.5 Å². The van der Waals surface area contributed by atoms with E-state index in [9.17, 15) is 8.42 Å². The third-order valence-electron chi connectivity index (χ3n) is 4.34. The van der Waals surface area contributed by atoms with Crippen LogP contribution >= 0.6 is 0 Å². The average molecular weight is 364 g/mol. The van der Waals surface area contributed by atoms with Crippen molar-refractivity contribution in [3.8, 4) is 5.69 Å². The predicted octanol–water partition coefficient (Wildman–Crippen LogP) is 4.13. The molecule has 25 heavy (non-hydrogen) atoms. The number of aryl methyl sites for hydroxylation is 1. The molecule has 1 heterocycles. The lowest BCUT2D eigenvalue weighted by Gasteiger charge is -2.14. The minimum absolute atomic E-state index is 0.0827. The van der Waals surface area contributed by atoms with Crippen molar-refractivity contribution in [3.05, 3.63) is 41.7 Å². The lowest BCUT2D eigenvalue weighted by molar-refractivity contribution is 0.521. The number of nitrogens with zero attached hydrogens (tertiary/aromatic N) is 2. The molecule has 0 bridgehead atoms. The highest BCUT2D eigenvalue weighted by atomic mass is 32.2. The molecular weight excluding hydrogens is 334 g/mol. The molecule has 0 aliphatic rings. The van der Waals surface area contributed by atoms with Gasteiger partial charge in [-0.25, -0.2) is 17.8 Å². The molecule has 1 atom stereocenters. The molecule has 1 aromatic carbocycles. The second-order valence-corrected chi connectivity index (χ2v) is 8.27. The number of para-hydroxylation sites is 1. The summed E-state index contributed by atoms with van der Waals surface area (Å²) in [6.07, 6.45) is 5.41. The first-order valence-corrected chi connectivity index (χ1v) is 10.5. The lowest BCUT2D eigenvalue weighted by Crippen LogP contribution is -2.33. The van der Waals surface area contributed by atoms with Crippen LogP contribution in [0.3, 0.4) is 0 Å². The molecule has 0 aliphatic heterocycles. The lowest BCUT2D eigenvalue weighted by atomic mass is 10.1. The number of unbranched alkanes of at least 4 members (excludes halogenated alkanes) is 3. The van der Waals surface area contributed by atoms with E-state index in [4.69, 9.17) is 0 Å². The quantitative estimate of drug-likeness (QED) is 0.681. The minimum Gasteiger partial charge on any atom is -0.236 e. The minimum atomic E-state index is -3.58. The Hall–Kier alpha value is -1.66. The van der Waals surface area contributed by atoms with Gasteiger partial charge in [-0.3, -0.25) is 0 Å². The molecule has 1 N–H and O–H groups in total. The molecule has 5 nitrogen and oxygen atoms in total. The van der Waals surface area contributed by atoms with E-state index in [-0.39, 0.29) is 10.9 Å². The second-order valence-electron chi connectivity index (χ2n) is 6.62. The summed E-state index contributed by atoms with van der Waals surface area (Å²) in [6.45, 7) is 7.64. The van der Waals surface area contributed by atoms with Gasteiger partial charge in [0.15, 0.2) is 0 Å². The average Bonchev–Trinajstić information content (AvgIpc) is 2.87. The standard InChI is InChI=1S/C19H29N3O2S/c1-5-6-7-9-12-15(2)21-25(23,24)19-16(3)20-22(17(19)4)18-13-10-8-11-14-18/h8,10-11,13-15,21H,5-7,9,12H2,1-4H3. The highest BCUT2D eigenvalue weighted by Crippen LogP contribution is 2.23. The Balaban J connectivity index is 2.18. The number of aromatic nitrogens is 2. The van der Waals surface area contributed by atoms with Gasteiger partial charge in [-0.15, -0.1) is 0 Å². The summed E-state index contributed by atoms with van der Waals surface area (Å²) in [5.74, 6) is 0. The summed E-state index contributed by atoms with van der Waals surface area (Å²) < 4.78 is 30.2. The topological polar surface area (TPSA) is 64.0 Å². The molecule has 2 rings (SSSR count). The third-order valence-corrected chi connectivity index (χ3v) is 6.18. The predicted molar refractivity (Wildman–Crippen MR) is 102 cm³/mol. The molecule has 0 spiro atoms. The molecule has 0 aliphatic carbocycles. The van der Waals surface area contributed by atoms with Gasteiger partial charge in [0.05, 0.1) is 17.1 Å². The van der Waals surface area contributed by atoms with Crippen molar-refractivity contribution in [2.75, 3.05) is 0 Å². The number of hydrogen-bond acceptors (Lipinski definition) is 3. The number of rotatable bonds is 9. The molecule has 1 aromatic heterocycles. The van der Waals surface area contributed by atoms with E-state index < -0.39 is 10.0 Å². The summed E-state index contributed by atoms with van der Waals surface area (Å²) in [5.41, 5.74) is 2.01. The molecule has 0 saturated heterocycles. The zero-order valence-corrected chi connectivity index (χ0v) is 16.4. The summed E-state index contributed by atoms with van der Waals surface area (Å²) >= 11 is 0. The highest BCUT2D eigenvalue weighted by molar-refractivity contribution is 7.89. The largest absolute Gasteiger partial charge is 0.244 e. The van der Waals surface area contributed by atoms with Crippen LogP contribution < -0.4 is 4.72 Å². The summed E-state index contributed by atoms with van der Waals surface area (Å²) in [7, 11) is -3.58. The molecule has 1 unspecified atom stereocenters. The van der Waals surface area contributed by atoms with Crippen LogP contribution in [0.4, 0.5) is 0 Å². The Bertz CT molecular complexity index is 783. The van der Waals surface area contributed by atoms with Crippen molar-refractivity contribution in [2.45, 2.75) is 70.7 Å². The normalized spacial score (nSPS) is 13.1. The van der Waals surface area contributed by atoms with Crippen LogP contribution in [-0.2, 0) is 10.0 Å². The first-order valence-electron chi connectivity index (χ1n) is 9.00. The molecule has 138 valence electrons. The molecule has 2 aromatic rings. The molecular formula is C19H29N3O2S. The zero-order chi connectivity index (χ0) is 18.4. The first-order chi connectivity index (χ1) is 11.9. The van der Waals surface area contributed by atoms with Gasteiger partial charge in [0, 0.05) is 6.04 Å². The van der Waals surface area contributed by atoms with E-state index in [1.807, 2.05) is 37.3 Å². The molecule has 0 fully saturated rings. The maximum atomic E-state index is 12.9. The van der Waals surface area contributed by atoms with Crippen molar-refractivity contribution in [2.24, 2.45) is 0 Å². The summed E-state index contributed by atoms with van der Waals surface area (Å²) in [4.78, 5) is 0.289. The van der Waals surface area contributed by atoms with E-state index in [0.717, 1.165) is 24.9 Å². The van der Waals surface area contributed by atoms with Crippen LogP contribution in [0.25, 0.3) is 5.69 Å². The fourth-order valence-electron chi connectivity index (χ4n) is 3.10. The Kier molecular flexibility index (Phi) is 6.79. The van der Waals surface area contributed by atoms with Gasteiger partial charge in [0.2, 0.25) is 10.0 Å². The van der Waals surface area contributed by atoms with Gasteiger partial charge >= 0.3 is 0 Å². The number of sulfonamides is 1. The fourth-order valence-corrected chi connectivity index (χ4v) is 4.77. The van der Waals surface area contributed by atoms with Gasteiger partial charge in [-0.2, -0.15) is 5.10 Å².